The first-order chi connectivity index (χ1) is 9.47. The molecular formula is C15H16N2O3. The zero-order chi connectivity index (χ0) is 14.7. The van der Waals surface area contributed by atoms with Crippen molar-refractivity contribution in [2.45, 2.75) is 26.3 Å². The molecule has 2 N–H and O–H groups in total. The maximum Gasteiger partial charge on any atom is 0.305 e. The second kappa shape index (κ2) is 5.69. The van der Waals surface area contributed by atoms with Crippen LogP contribution in [0.1, 0.15) is 29.4 Å². The number of rotatable bonds is 4. The number of nitrogens with one attached hydrogen (secondary N) is 1. The quantitative estimate of drug-likeness (QED) is 0.893. The summed E-state index contributed by atoms with van der Waals surface area (Å²) in [5.41, 5.74) is 1.92. The van der Waals surface area contributed by atoms with E-state index in [-0.39, 0.29) is 12.3 Å². The smallest absolute Gasteiger partial charge is 0.305 e. The fraction of sp³-hybridized carbons (Fsp3) is 0.267. The minimum absolute atomic E-state index is 0.108. The summed E-state index contributed by atoms with van der Waals surface area (Å²) in [5.74, 6) is -1.24. The number of amides is 1. The highest BCUT2D eigenvalue weighted by Gasteiger charge is 2.15. The van der Waals surface area contributed by atoms with Crippen LogP contribution in [0.25, 0.3) is 10.9 Å². The number of nitrogens with zero attached hydrogens (tertiary/aromatic N) is 1. The molecule has 1 atom stereocenters. The van der Waals surface area contributed by atoms with Crippen LogP contribution < -0.4 is 5.32 Å². The molecule has 1 aromatic carbocycles. The van der Waals surface area contributed by atoms with Crippen molar-refractivity contribution in [3.8, 4) is 0 Å². The maximum absolute atomic E-state index is 12.2. The van der Waals surface area contributed by atoms with Crippen molar-refractivity contribution in [2.75, 3.05) is 0 Å². The van der Waals surface area contributed by atoms with Gasteiger partial charge in [0.2, 0.25) is 0 Å². The third-order valence-electron chi connectivity index (χ3n) is 2.96. The highest BCUT2D eigenvalue weighted by atomic mass is 16.4. The van der Waals surface area contributed by atoms with Gasteiger partial charge >= 0.3 is 5.97 Å². The molecule has 0 radical (unpaired) electrons. The van der Waals surface area contributed by atoms with Crippen molar-refractivity contribution in [3.63, 3.8) is 0 Å². The van der Waals surface area contributed by atoms with E-state index in [1.54, 1.807) is 19.1 Å². The molecule has 0 aliphatic heterocycles. The number of aromatic nitrogens is 1. The fourth-order valence-electron chi connectivity index (χ4n) is 2.04. The number of hydrogen-bond donors (Lipinski definition) is 2. The molecule has 5 heteroatoms. The van der Waals surface area contributed by atoms with Crippen LogP contribution in [0, 0.1) is 6.92 Å². The molecule has 0 saturated heterocycles. The van der Waals surface area contributed by atoms with Crippen LogP contribution in [0.4, 0.5) is 0 Å². The molecule has 2 rings (SSSR count). The summed E-state index contributed by atoms with van der Waals surface area (Å²) in [6.07, 6.45) is -0.108. The number of carbonyl (C=O) groups is 2. The van der Waals surface area contributed by atoms with Crippen molar-refractivity contribution < 1.29 is 14.7 Å². The van der Waals surface area contributed by atoms with Gasteiger partial charge in [0.25, 0.3) is 5.91 Å². The molecule has 2 aromatic rings. The van der Waals surface area contributed by atoms with Crippen LogP contribution in [-0.4, -0.2) is 28.0 Å². The van der Waals surface area contributed by atoms with E-state index in [9.17, 15) is 9.59 Å². The molecule has 0 aliphatic rings. The highest BCUT2D eigenvalue weighted by Crippen LogP contribution is 2.17. The van der Waals surface area contributed by atoms with Gasteiger partial charge < -0.3 is 10.4 Å². The first kappa shape index (κ1) is 14.0. The van der Waals surface area contributed by atoms with E-state index in [1.807, 2.05) is 25.1 Å². The molecule has 1 heterocycles. The van der Waals surface area contributed by atoms with Gasteiger partial charge in [0.1, 0.15) is 0 Å². The van der Waals surface area contributed by atoms with E-state index in [4.69, 9.17) is 5.11 Å². The van der Waals surface area contributed by atoms with E-state index in [0.717, 1.165) is 11.1 Å². The average molecular weight is 272 g/mol. The molecule has 5 nitrogen and oxygen atoms in total. The summed E-state index contributed by atoms with van der Waals surface area (Å²) < 4.78 is 0. The predicted molar refractivity (Wildman–Crippen MR) is 75.7 cm³/mol. The maximum atomic E-state index is 12.2. The van der Waals surface area contributed by atoms with E-state index >= 15 is 0 Å². The van der Waals surface area contributed by atoms with Gasteiger partial charge in [0.05, 0.1) is 17.5 Å². The standard InChI is InChI=1S/C15H16N2O3/c1-9-6-7-11-4-3-5-12(14(11)16-9)15(20)17-10(2)8-13(18)19/h3-7,10H,8H2,1-2H3,(H,17,20)(H,18,19). The largest absolute Gasteiger partial charge is 0.481 e. The Morgan fingerprint density at radius 2 is 2.05 bits per heavy atom. The predicted octanol–water partition coefficient (Wildman–Crippen LogP) is 2.14. The number of carbonyl (C=O) groups excluding carboxylic acids is 1. The zero-order valence-corrected chi connectivity index (χ0v) is 11.4. The number of aryl methyl sites for hydroxylation is 1. The number of para-hydroxylation sites is 1. The molecule has 0 aliphatic carbocycles. The van der Waals surface area contributed by atoms with E-state index in [1.165, 1.54) is 0 Å². The summed E-state index contributed by atoms with van der Waals surface area (Å²) in [6.45, 7) is 3.52. The number of carboxylic acid groups (broad SMARTS) is 1. The molecule has 0 fully saturated rings. The number of carboxylic acids is 1. The van der Waals surface area contributed by atoms with Gasteiger partial charge in [-0.1, -0.05) is 18.2 Å². The van der Waals surface area contributed by atoms with Crippen molar-refractivity contribution in [1.82, 2.24) is 10.3 Å². The first-order valence-corrected chi connectivity index (χ1v) is 6.36. The molecule has 1 amide bonds. The molecule has 1 aromatic heterocycles. The van der Waals surface area contributed by atoms with Crippen LogP contribution >= 0.6 is 0 Å². The Morgan fingerprint density at radius 3 is 2.75 bits per heavy atom. The fourth-order valence-corrected chi connectivity index (χ4v) is 2.04. The van der Waals surface area contributed by atoms with Gasteiger partial charge in [-0.25, -0.2) is 0 Å². The molecule has 104 valence electrons. The van der Waals surface area contributed by atoms with Crippen molar-refractivity contribution in [3.05, 3.63) is 41.6 Å². The van der Waals surface area contributed by atoms with Gasteiger partial charge in [0.15, 0.2) is 0 Å². The summed E-state index contributed by atoms with van der Waals surface area (Å²) in [6, 6.07) is 8.74. The summed E-state index contributed by atoms with van der Waals surface area (Å²) in [7, 11) is 0. The topological polar surface area (TPSA) is 79.3 Å². The third kappa shape index (κ3) is 3.12. The van der Waals surface area contributed by atoms with Crippen molar-refractivity contribution in [1.29, 1.82) is 0 Å². The summed E-state index contributed by atoms with van der Waals surface area (Å²) in [5, 5.41) is 12.3. The van der Waals surface area contributed by atoms with Crippen molar-refractivity contribution in [2.24, 2.45) is 0 Å². The first-order valence-electron chi connectivity index (χ1n) is 6.36. The number of fused-ring (bicyclic) bond motifs is 1. The molecule has 1 unspecified atom stereocenters. The Bertz CT molecular complexity index is 667. The minimum atomic E-state index is -0.940. The average Bonchev–Trinajstić information content (AvgIpc) is 2.36. The number of aliphatic carboxylic acids is 1. The molecular weight excluding hydrogens is 256 g/mol. The van der Waals surface area contributed by atoms with Crippen LogP contribution in [0.15, 0.2) is 30.3 Å². The normalized spacial score (nSPS) is 12.1. The molecule has 0 spiro atoms. The van der Waals surface area contributed by atoms with Crippen LogP contribution in [0.3, 0.4) is 0 Å². The second-order valence-corrected chi connectivity index (χ2v) is 4.80. The second-order valence-electron chi connectivity index (χ2n) is 4.80. The van der Waals surface area contributed by atoms with Crippen molar-refractivity contribution >= 4 is 22.8 Å². The summed E-state index contributed by atoms with van der Waals surface area (Å²) in [4.78, 5) is 27.2. The van der Waals surface area contributed by atoms with Gasteiger partial charge in [-0.3, -0.25) is 14.6 Å². The van der Waals surface area contributed by atoms with Gasteiger partial charge in [-0.05, 0) is 26.0 Å². The Kier molecular flexibility index (Phi) is 3.98. The summed E-state index contributed by atoms with van der Waals surface area (Å²) >= 11 is 0. The molecule has 20 heavy (non-hydrogen) atoms. The Balaban J connectivity index is 2.30. The Morgan fingerprint density at radius 1 is 1.30 bits per heavy atom. The SMILES string of the molecule is Cc1ccc2cccc(C(=O)NC(C)CC(=O)O)c2n1. The monoisotopic (exact) mass is 272 g/mol. The van der Waals surface area contributed by atoms with Gasteiger partial charge in [-0.2, -0.15) is 0 Å². The van der Waals surface area contributed by atoms with E-state index < -0.39 is 12.0 Å². The number of pyridine rings is 1. The molecule has 0 bridgehead atoms. The number of benzene rings is 1. The zero-order valence-electron chi connectivity index (χ0n) is 11.4. The lowest BCUT2D eigenvalue weighted by Crippen LogP contribution is -2.34. The van der Waals surface area contributed by atoms with Crippen LogP contribution in [0.2, 0.25) is 0 Å². The van der Waals surface area contributed by atoms with Gasteiger partial charge in [-0.15, -0.1) is 0 Å². The number of hydrogen-bond acceptors (Lipinski definition) is 3. The van der Waals surface area contributed by atoms with E-state index in [2.05, 4.69) is 10.3 Å². The Hall–Kier alpha value is -2.43. The highest BCUT2D eigenvalue weighted by molar-refractivity contribution is 6.05. The van der Waals surface area contributed by atoms with Gasteiger partial charge in [0, 0.05) is 17.1 Å². The Labute approximate surface area is 116 Å². The lowest BCUT2D eigenvalue weighted by Gasteiger charge is -2.12. The molecule has 0 saturated carbocycles. The van der Waals surface area contributed by atoms with Crippen LogP contribution in [0.5, 0.6) is 0 Å². The minimum Gasteiger partial charge on any atom is -0.481 e. The van der Waals surface area contributed by atoms with Crippen LogP contribution in [-0.2, 0) is 4.79 Å². The lowest BCUT2D eigenvalue weighted by atomic mass is 10.1. The lowest BCUT2D eigenvalue weighted by molar-refractivity contribution is -0.137. The third-order valence-corrected chi connectivity index (χ3v) is 2.96. The van der Waals surface area contributed by atoms with E-state index in [0.29, 0.717) is 11.1 Å².